The van der Waals surface area contributed by atoms with Gasteiger partial charge in [0.1, 0.15) is 5.82 Å². The van der Waals surface area contributed by atoms with Gasteiger partial charge in [0.15, 0.2) is 0 Å². The standard InChI is InChI=1S/C14H17FN4O/c1-10-12(15)6-11(8-16)7-13(10)18-14(20)9-19-4-2-17-3-5-19/h6-7,17H,2-5,9H2,1H3,(H,18,20). The SMILES string of the molecule is Cc1c(F)cc(C#N)cc1NC(=O)CN1CCNCC1. The number of benzene rings is 1. The van der Waals surface area contributed by atoms with Crippen LogP contribution in [0.4, 0.5) is 10.1 Å². The molecular formula is C14H17FN4O. The average molecular weight is 276 g/mol. The minimum absolute atomic E-state index is 0.190. The van der Waals surface area contributed by atoms with Crippen molar-refractivity contribution in [3.8, 4) is 6.07 Å². The van der Waals surface area contributed by atoms with Gasteiger partial charge in [-0.25, -0.2) is 4.39 Å². The highest BCUT2D eigenvalue weighted by molar-refractivity contribution is 5.93. The number of halogens is 1. The molecule has 1 fully saturated rings. The van der Waals surface area contributed by atoms with Gasteiger partial charge in [-0.1, -0.05) is 0 Å². The monoisotopic (exact) mass is 276 g/mol. The Kier molecular flexibility index (Phi) is 4.66. The number of anilines is 1. The molecule has 1 aliphatic heterocycles. The van der Waals surface area contributed by atoms with E-state index >= 15 is 0 Å². The molecule has 0 aromatic heterocycles. The van der Waals surface area contributed by atoms with Gasteiger partial charge in [0.25, 0.3) is 0 Å². The van der Waals surface area contributed by atoms with Crippen molar-refractivity contribution in [1.29, 1.82) is 5.26 Å². The molecule has 0 radical (unpaired) electrons. The van der Waals surface area contributed by atoms with Crippen molar-refractivity contribution in [2.24, 2.45) is 0 Å². The van der Waals surface area contributed by atoms with E-state index in [-0.39, 0.29) is 18.0 Å². The second-order valence-corrected chi connectivity index (χ2v) is 4.82. The number of amides is 1. The Morgan fingerprint density at radius 2 is 2.20 bits per heavy atom. The smallest absolute Gasteiger partial charge is 0.238 e. The predicted octanol–water partition coefficient (Wildman–Crippen LogP) is 0.849. The van der Waals surface area contributed by atoms with E-state index in [1.807, 2.05) is 11.0 Å². The molecule has 0 unspecified atom stereocenters. The van der Waals surface area contributed by atoms with E-state index in [2.05, 4.69) is 10.6 Å². The van der Waals surface area contributed by atoms with Gasteiger partial charge < -0.3 is 10.6 Å². The fourth-order valence-electron chi connectivity index (χ4n) is 2.14. The molecule has 2 N–H and O–H groups in total. The van der Waals surface area contributed by atoms with Gasteiger partial charge in [-0.2, -0.15) is 5.26 Å². The first-order chi connectivity index (χ1) is 9.60. The first kappa shape index (κ1) is 14.4. The zero-order valence-corrected chi connectivity index (χ0v) is 11.4. The third-order valence-corrected chi connectivity index (χ3v) is 3.32. The maximum absolute atomic E-state index is 13.6. The summed E-state index contributed by atoms with van der Waals surface area (Å²) in [6.07, 6.45) is 0. The summed E-state index contributed by atoms with van der Waals surface area (Å²) in [7, 11) is 0. The van der Waals surface area contributed by atoms with Crippen LogP contribution in [0.3, 0.4) is 0 Å². The molecule has 1 saturated heterocycles. The van der Waals surface area contributed by atoms with Crippen LogP contribution in [-0.2, 0) is 4.79 Å². The molecule has 2 rings (SSSR count). The van der Waals surface area contributed by atoms with Crippen LogP contribution in [0.25, 0.3) is 0 Å². The molecule has 1 aliphatic rings. The fourth-order valence-corrected chi connectivity index (χ4v) is 2.14. The van der Waals surface area contributed by atoms with E-state index in [0.29, 0.717) is 11.3 Å². The van der Waals surface area contributed by atoms with Gasteiger partial charge in [0, 0.05) is 37.4 Å². The summed E-state index contributed by atoms with van der Waals surface area (Å²) < 4.78 is 13.6. The van der Waals surface area contributed by atoms with Gasteiger partial charge >= 0.3 is 0 Å². The molecule has 0 saturated carbocycles. The molecule has 1 amide bonds. The van der Waals surface area contributed by atoms with Gasteiger partial charge in [-0.15, -0.1) is 0 Å². The molecule has 0 bridgehead atoms. The highest BCUT2D eigenvalue weighted by Gasteiger charge is 2.15. The summed E-state index contributed by atoms with van der Waals surface area (Å²) in [5.74, 6) is -0.675. The van der Waals surface area contributed by atoms with E-state index in [1.165, 1.54) is 12.1 Å². The van der Waals surface area contributed by atoms with Gasteiger partial charge in [0.2, 0.25) is 5.91 Å². The van der Waals surface area contributed by atoms with Crippen molar-refractivity contribution in [2.75, 3.05) is 38.0 Å². The molecule has 0 atom stereocenters. The lowest BCUT2D eigenvalue weighted by Gasteiger charge is -2.26. The number of nitriles is 1. The lowest BCUT2D eigenvalue weighted by molar-refractivity contribution is -0.117. The van der Waals surface area contributed by atoms with E-state index in [1.54, 1.807) is 6.92 Å². The molecule has 1 aromatic carbocycles. The summed E-state index contributed by atoms with van der Waals surface area (Å²) in [4.78, 5) is 14.0. The maximum atomic E-state index is 13.6. The minimum atomic E-state index is -0.485. The number of hydrogen-bond acceptors (Lipinski definition) is 4. The lowest BCUT2D eigenvalue weighted by atomic mass is 10.1. The van der Waals surface area contributed by atoms with E-state index in [4.69, 9.17) is 5.26 Å². The molecule has 0 aliphatic carbocycles. The van der Waals surface area contributed by atoms with Crippen LogP contribution in [-0.4, -0.2) is 43.5 Å². The zero-order chi connectivity index (χ0) is 14.5. The summed E-state index contributed by atoms with van der Waals surface area (Å²) in [5.41, 5.74) is 0.907. The number of carbonyl (C=O) groups excluding carboxylic acids is 1. The van der Waals surface area contributed by atoms with Crippen molar-refractivity contribution in [1.82, 2.24) is 10.2 Å². The summed E-state index contributed by atoms with van der Waals surface area (Å²) in [5, 5.41) is 14.7. The Morgan fingerprint density at radius 1 is 1.50 bits per heavy atom. The molecule has 6 heteroatoms. The predicted molar refractivity (Wildman–Crippen MR) is 73.8 cm³/mol. The summed E-state index contributed by atoms with van der Waals surface area (Å²) in [6.45, 7) is 5.23. The zero-order valence-electron chi connectivity index (χ0n) is 11.4. The average Bonchev–Trinajstić information content (AvgIpc) is 2.44. The van der Waals surface area contributed by atoms with Crippen molar-refractivity contribution >= 4 is 11.6 Å². The Labute approximate surface area is 117 Å². The first-order valence-electron chi connectivity index (χ1n) is 6.53. The minimum Gasteiger partial charge on any atom is -0.325 e. The van der Waals surface area contributed by atoms with Crippen LogP contribution in [0, 0.1) is 24.1 Å². The van der Waals surface area contributed by atoms with Crippen LogP contribution >= 0.6 is 0 Å². The van der Waals surface area contributed by atoms with Gasteiger partial charge in [0.05, 0.1) is 18.2 Å². The van der Waals surface area contributed by atoms with Crippen LogP contribution in [0.15, 0.2) is 12.1 Å². The van der Waals surface area contributed by atoms with Crippen LogP contribution in [0.5, 0.6) is 0 Å². The largest absolute Gasteiger partial charge is 0.325 e. The number of nitrogens with zero attached hydrogens (tertiary/aromatic N) is 2. The fraction of sp³-hybridized carbons (Fsp3) is 0.429. The second kappa shape index (κ2) is 6.46. The Morgan fingerprint density at radius 3 is 2.85 bits per heavy atom. The first-order valence-corrected chi connectivity index (χ1v) is 6.53. The molecule has 1 heterocycles. The number of hydrogen-bond donors (Lipinski definition) is 2. The molecule has 106 valence electrons. The quantitative estimate of drug-likeness (QED) is 0.859. The second-order valence-electron chi connectivity index (χ2n) is 4.82. The molecule has 5 nitrogen and oxygen atoms in total. The molecular weight excluding hydrogens is 259 g/mol. The van der Waals surface area contributed by atoms with Crippen molar-refractivity contribution < 1.29 is 9.18 Å². The van der Waals surface area contributed by atoms with E-state index < -0.39 is 5.82 Å². The highest BCUT2D eigenvalue weighted by atomic mass is 19.1. The van der Waals surface area contributed by atoms with Crippen molar-refractivity contribution in [3.63, 3.8) is 0 Å². The van der Waals surface area contributed by atoms with Crippen molar-refractivity contribution in [3.05, 3.63) is 29.1 Å². The third kappa shape index (κ3) is 3.53. The molecule has 20 heavy (non-hydrogen) atoms. The number of piperazine rings is 1. The van der Waals surface area contributed by atoms with Crippen molar-refractivity contribution in [2.45, 2.75) is 6.92 Å². The molecule has 0 spiro atoms. The van der Waals surface area contributed by atoms with Gasteiger partial charge in [-0.05, 0) is 19.1 Å². The van der Waals surface area contributed by atoms with Crippen LogP contribution < -0.4 is 10.6 Å². The summed E-state index contributed by atoms with van der Waals surface area (Å²) >= 11 is 0. The Bertz CT molecular complexity index is 547. The Hall–Kier alpha value is -1.97. The number of nitrogens with one attached hydrogen (secondary N) is 2. The highest BCUT2D eigenvalue weighted by Crippen LogP contribution is 2.20. The number of carbonyl (C=O) groups is 1. The van der Waals surface area contributed by atoms with Crippen LogP contribution in [0.1, 0.15) is 11.1 Å². The normalized spacial score (nSPS) is 15.7. The molecule has 1 aromatic rings. The van der Waals surface area contributed by atoms with Crippen LogP contribution in [0.2, 0.25) is 0 Å². The maximum Gasteiger partial charge on any atom is 0.238 e. The summed E-state index contributed by atoms with van der Waals surface area (Å²) in [6, 6.07) is 4.54. The Balaban J connectivity index is 2.03. The van der Waals surface area contributed by atoms with E-state index in [0.717, 1.165) is 26.2 Å². The third-order valence-electron chi connectivity index (χ3n) is 3.32. The van der Waals surface area contributed by atoms with Gasteiger partial charge in [-0.3, -0.25) is 9.69 Å². The topological polar surface area (TPSA) is 68.2 Å². The van der Waals surface area contributed by atoms with E-state index in [9.17, 15) is 9.18 Å². The number of rotatable bonds is 3. The lowest BCUT2D eigenvalue weighted by Crippen LogP contribution is -2.46.